The Morgan fingerprint density at radius 1 is 1.25 bits per heavy atom. The van der Waals surface area contributed by atoms with Crippen molar-refractivity contribution in [2.24, 2.45) is 0 Å². The van der Waals surface area contributed by atoms with E-state index >= 15 is 0 Å². The van der Waals surface area contributed by atoms with Gasteiger partial charge in [0, 0.05) is 12.0 Å². The SMILES string of the molecule is CCOC(=O)CCc1cc(C)cc(C(C)(C)C)c1OC. The summed E-state index contributed by atoms with van der Waals surface area (Å²) in [5.41, 5.74) is 3.45. The molecule has 0 saturated heterocycles. The highest BCUT2D eigenvalue weighted by molar-refractivity contribution is 5.70. The summed E-state index contributed by atoms with van der Waals surface area (Å²) in [7, 11) is 1.69. The molecule has 0 radical (unpaired) electrons. The summed E-state index contributed by atoms with van der Waals surface area (Å²) in [6, 6.07) is 4.25. The maximum Gasteiger partial charge on any atom is 0.306 e. The third kappa shape index (κ3) is 4.26. The van der Waals surface area contributed by atoms with Crippen LogP contribution in [0, 0.1) is 6.92 Å². The summed E-state index contributed by atoms with van der Waals surface area (Å²) in [5.74, 6) is 0.737. The fraction of sp³-hybridized carbons (Fsp3) is 0.588. The molecule has 0 aliphatic heterocycles. The van der Waals surface area contributed by atoms with Crippen LogP contribution >= 0.6 is 0 Å². The second kappa shape index (κ2) is 6.78. The number of aryl methyl sites for hydroxylation is 2. The Morgan fingerprint density at radius 2 is 1.90 bits per heavy atom. The summed E-state index contributed by atoms with van der Waals surface area (Å²) in [4.78, 5) is 11.5. The average Bonchev–Trinajstić information content (AvgIpc) is 2.35. The monoisotopic (exact) mass is 278 g/mol. The number of hydrogen-bond donors (Lipinski definition) is 0. The van der Waals surface area contributed by atoms with Crippen LogP contribution in [0.1, 0.15) is 50.8 Å². The van der Waals surface area contributed by atoms with E-state index in [-0.39, 0.29) is 11.4 Å². The molecule has 3 heteroatoms. The van der Waals surface area contributed by atoms with Crippen molar-refractivity contribution < 1.29 is 14.3 Å². The second-order valence-corrected chi connectivity index (χ2v) is 6.06. The zero-order chi connectivity index (χ0) is 15.3. The van der Waals surface area contributed by atoms with Crippen molar-refractivity contribution in [3.8, 4) is 5.75 Å². The van der Waals surface area contributed by atoms with E-state index in [0.717, 1.165) is 11.3 Å². The zero-order valence-electron chi connectivity index (χ0n) is 13.5. The van der Waals surface area contributed by atoms with Gasteiger partial charge in [-0.1, -0.05) is 38.5 Å². The topological polar surface area (TPSA) is 35.5 Å². The van der Waals surface area contributed by atoms with Crippen molar-refractivity contribution in [2.75, 3.05) is 13.7 Å². The van der Waals surface area contributed by atoms with Gasteiger partial charge < -0.3 is 9.47 Å². The van der Waals surface area contributed by atoms with Gasteiger partial charge in [-0.15, -0.1) is 0 Å². The number of ether oxygens (including phenoxy) is 2. The van der Waals surface area contributed by atoms with E-state index in [2.05, 4.69) is 39.8 Å². The number of carbonyl (C=O) groups excluding carboxylic acids is 1. The molecule has 1 rings (SSSR count). The number of rotatable bonds is 5. The molecule has 1 aromatic rings. The number of esters is 1. The standard InChI is InChI=1S/C17H26O3/c1-7-20-15(18)9-8-13-10-12(2)11-14(16(13)19-6)17(3,4)5/h10-11H,7-9H2,1-6H3. The molecular weight excluding hydrogens is 252 g/mol. The predicted molar refractivity (Wildman–Crippen MR) is 81.4 cm³/mol. The third-order valence-corrected chi connectivity index (χ3v) is 3.23. The summed E-state index contributed by atoms with van der Waals surface area (Å²) in [6.07, 6.45) is 1.03. The molecule has 0 aliphatic carbocycles. The summed E-state index contributed by atoms with van der Waals surface area (Å²) < 4.78 is 10.6. The summed E-state index contributed by atoms with van der Waals surface area (Å²) >= 11 is 0. The lowest BCUT2D eigenvalue weighted by molar-refractivity contribution is -0.143. The van der Waals surface area contributed by atoms with Gasteiger partial charge in [0.2, 0.25) is 0 Å². The van der Waals surface area contributed by atoms with Crippen molar-refractivity contribution in [1.29, 1.82) is 0 Å². The van der Waals surface area contributed by atoms with Crippen molar-refractivity contribution in [2.45, 2.75) is 52.9 Å². The van der Waals surface area contributed by atoms with Gasteiger partial charge in [-0.25, -0.2) is 0 Å². The maximum atomic E-state index is 11.5. The first-order valence-electron chi connectivity index (χ1n) is 7.13. The predicted octanol–water partition coefficient (Wildman–Crippen LogP) is 3.80. The lowest BCUT2D eigenvalue weighted by atomic mass is 9.83. The van der Waals surface area contributed by atoms with E-state index in [1.807, 2.05) is 6.92 Å². The third-order valence-electron chi connectivity index (χ3n) is 3.23. The maximum absolute atomic E-state index is 11.5. The Hall–Kier alpha value is -1.51. The molecule has 0 saturated carbocycles. The number of benzene rings is 1. The molecular formula is C17H26O3. The average molecular weight is 278 g/mol. The number of carbonyl (C=O) groups is 1. The van der Waals surface area contributed by atoms with Gasteiger partial charge in [0.25, 0.3) is 0 Å². The zero-order valence-corrected chi connectivity index (χ0v) is 13.5. The quantitative estimate of drug-likeness (QED) is 0.769. The molecule has 3 nitrogen and oxygen atoms in total. The van der Waals surface area contributed by atoms with Crippen LogP contribution in [0.5, 0.6) is 5.75 Å². The van der Waals surface area contributed by atoms with Crippen LogP contribution in [0.25, 0.3) is 0 Å². The first-order valence-corrected chi connectivity index (χ1v) is 7.13. The molecule has 20 heavy (non-hydrogen) atoms. The van der Waals surface area contributed by atoms with Crippen molar-refractivity contribution >= 4 is 5.97 Å². The first-order chi connectivity index (χ1) is 9.29. The number of methoxy groups -OCH3 is 1. The first kappa shape index (κ1) is 16.5. The summed E-state index contributed by atoms with van der Waals surface area (Å²) in [5, 5.41) is 0. The molecule has 0 heterocycles. The van der Waals surface area contributed by atoms with Gasteiger partial charge in [-0.3, -0.25) is 4.79 Å². The molecule has 0 spiro atoms. The van der Waals surface area contributed by atoms with Crippen molar-refractivity contribution in [3.05, 3.63) is 28.8 Å². The van der Waals surface area contributed by atoms with Gasteiger partial charge in [0.1, 0.15) is 5.75 Å². The van der Waals surface area contributed by atoms with Crippen LogP contribution in [0.2, 0.25) is 0 Å². The minimum atomic E-state index is -0.159. The normalized spacial score (nSPS) is 11.3. The molecule has 0 unspecified atom stereocenters. The fourth-order valence-electron chi connectivity index (χ4n) is 2.30. The Morgan fingerprint density at radius 3 is 2.40 bits per heavy atom. The molecule has 0 amide bonds. The van der Waals surface area contributed by atoms with Crippen LogP contribution in [-0.4, -0.2) is 19.7 Å². The van der Waals surface area contributed by atoms with E-state index in [9.17, 15) is 4.79 Å². The highest BCUT2D eigenvalue weighted by atomic mass is 16.5. The molecule has 0 aliphatic rings. The molecule has 0 atom stereocenters. The van der Waals surface area contributed by atoms with Crippen LogP contribution in [0.3, 0.4) is 0 Å². The highest BCUT2D eigenvalue weighted by Crippen LogP contribution is 2.35. The van der Waals surface area contributed by atoms with Crippen molar-refractivity contribution in [1.82, 2.24) is 0 Å². The van der Waals surface area contributed by atoms with E-state index in [1.54, 1.807) is 7.11 Å². The minimum absolute atomic E-state index is 0.00996. The fourth-order valence-corrected chi connectivity index (χ4v) is 2.30. The molecule has 1 aromatic carbocycles. The van der Waals surface area contributed by atoms with Gasteiger partial charge in [0.15, 0.2) is 0 Å². The van der Waals surface area contributed by atoms with Gasteiger partial charge in [0.05, 0.1) is 13.7 Å². The molecule has 112 valence electrons. The lowest BCUT2D eigenvalue weighted by Crippen LogP contribution is -2.15. The molecule has 0 aromatic heterocycles. The van der Waals surface area contributed by atoms with Gasteiger partial charge >= 0.3 is 5.97 Å². The van der Waals surface area contributed by atoms with E-state index < -0.39 is 0 Å². The van der Waals surface area contributed by atoms with E-state index in [1.165, 1.54) is 11.1 Å². The Bertz CT molecular complexity index is 470. The molecule has 0 N–H and O–H groups in total. The van der Waals surface area contributed by atoms with Crippen LogP contribution in [-0.2, 0) is 21.4 Å². The van der Waals surface area contributed by atoms with Crippen molar-refractivity contribution in [3.63, 3.8) is 0 Å². The Labute approximate surface area is 122 Å². The van der Waals surface area contributed by atoms with Gasteiger partial charge in [-0.05, 0) is 31.2 Å². The van der Waals surface area contributed by atoms with Crippen LogP contribution in [0.4, 0.5) is 0 Å². The second-order valence-electron chi connectivity index (χ2n) is 6.06. The van der Waals surface area contributed by atoms with E-state index in [4.69, 9.17) is 9.47 Å². The Kier molecular flexibility index (Phi) is 5.61. The molecule has 0 bridgehead atoms. The Balaban J connectivity index is 3.07. The van der Waals surface area contributed by atoms with E-state index in [0.29, 0.717) is 19.4 Å². The van der Waals surface area contributed by atoms with Crippen LogP contribution < -0.4 is 4.74 Å². The van der Waals surface area contributed by atoms with Crippen LogP contribution in [0.15, 0.2) is 12.1 Å². The molecule has 0 fully saturated rings. The highest BCUT2D eigenvalue weighted by Gasteiger charge is 2.22. The lowest BCUT2D eigenvalue weighted by Gasteiger charge is -2.25. The number of hydrogen-bond acceptors (Lipinski definition) is 3. The largest absolute Gasteiger partial charge is 0.496 e. The smallest absolute Gasteiger partial charge is 0.306 e. The minimum Gasteiger partial charge on any atom is -0.496 e. The van der Waals surface area contributed by atoms with Gasteiger partial charge in [-0.2, -0.15) is 0 Å². The summed E-state index contributed by atoms with van der Waals surface area (Å²) in [6.45, 7) is 10.8.